The Morgan fingerprint density at radius 2 is 1.67 bits per heavy atom. The van der Waals surface area contributed by atoms with Gasteiger partial charge in [0.05, 0.1) is 24.1 Å². The number of hydrogen-bond donors (Lipinski definition) is 1. The molecule has 0 bridgehead atoms. The second-order valence-electron chi connectivity index (χ2n) is 8.37. The van der Waals surface area contributed by atoms with Crippen LogP contribution in [0, 0.1) is 5.82 Å². The Balaban J connectivity index is 1.36. The van der Waals surface area contributed by atoms with Crippen molar-refractivity contribution in [2.75, 3.05) is 18.0 Å². The fraction of sp³-hybridized carbons (Fsp3) is 0.450. The monoisotopic (exact) mass is 475 g/mol. The number of pyridine rings is 1. The molecule has 2 aliphatic rings. The summed E-state index contributed by atoms with van der Waals surface area (Å²) in [6, 6.07) is 0.885. The zero-order chi connectivity index (χ0) is 23.3. The lowest BCUT2D eigenvalue weighted by Gasteiger charge is -2.33. The van der Waals surface area contributed by atoms with E-state index in [1.807, 2.05) is 4.90 Å². The topological polar surface area (TPSA) is 132 Å². The molecule has 1 aliphatic carbocycles. The maximum Gasteiger partial charge on any atom is 0.318 e. The molecule has 0 atom stereocenters. The average Bonchev–Trinajstić information content (AvgIpc) is 3.62. The highest BCUT2D eigenvalue weighted by Gasteiger charge is 2.29. The van der Waals surface area contributed by atoms with E-state index in [0.29, 0.717) is 31.9 Å². The fourth-order valence-corrected chi connectivity index (χ4v) is 5.26. The van der Waals surface area contributed by atoms with E-state index < -0.39 is 27.0 Å². The van der Waals surface area contributed by atoms with Crippen molar-refractivity contribution in [1.82, 2.24) is 28.8 Å². The summed E-state index contributed by atoms with van der Waals surface area (Å²) < 4.78 is 43.3. The van der Waals surface area contributed by atoms with Crippen LogP contribution >= 0.6 is 0 Å². The largest absolute Gasteiger partial charge is 0.341 e. The van der Waals surface area contributed by atoms with Gasteiger partial charge in [0.2, 0.25) is 16.0 Å². The first kappa shape index (κ1) is 21.6. The normalized spacial score (nSPS) is 17.6. The van der Waals surface area contributed by atoms with Crippen molar-refractivity contribution in [2.24, 2.45) is 7.05 Å². The molecular formula is C20H22FN7O4S. The molecule has 0 radical (unpaired) electrons. The van der Waals surface area contributed by atoms with E-state index in [0.717, 1.165) is 23.6 Å². The molecule has 0 unspecified atom stereocenters. The van der Waals surface area contributed by atoms with Crippen LogP contribution in [0.15, 0.2) is 39.1 Å². The van der Waals surface area contributed by atoms with Crippen LogP contribution in [0.4, 0.5) is 10.3 Å². The van der Waals surface area contributed by atoms with E-state index in [-0.39, 0.29) is 28.1 Å². The Hall–Kier alpha value is -3.19. The minimum atomic E-state index is -3.62. The summed E-state index contributed by atoms with van der Waals surface area (Å²) in [7, 11) is -2.20. The Morgan fingerprint density at radius 1 is 1.00 bits per heavy atom. The van der Waals surface area contributed by atoms with Crippen molar-refractivity contribution < 1.29 is 12.8 Å². The van der Waals surface area contributed by atoms with E-state index in [9.17, 15) is 22.4 Å². The summed E-state index contributed by atoms with van der Waals surface area (Å²) >= 11 is 0. The van der Waals surface area contributed by atoms with Crippen LogP contribution in [0.2, 0.25) is 0 Å². The van der Waals surface area contributed by atoms with Gasteiger partial charge in [-0.3, -0.25) is 14.2 Å². The Kier molecular flexibility index (Phi) is 5.24. The van der Waals surface area contributed by atoms with Gasteiger partial charge in [0.1, 0.15) is 10.7 Å². The first-order valence-electron chi connectivity index (χ1n) is 10.6. The van der Waals surface area contributed by atoms with Gasteiger partial charge in [0.25, 0.3) is 0 Å². The first-order chi connectivity index (χ1) is 15.7. The third-order valence-electron chi connectivity index (χ3n) is 6.05. The van der Waals surface area contributed by atoms with Gasteiger partial charge in [-0.05, 0) is 25.7 Å². The smallest absolute Gasteiger partial charge is 0.318 e. The number of hydrogen-bond acceptors (Lipinski definition) is 8. The highest BCUT2D eigenvalue weighted by Crippen LogP contribution is 2.26. The number of nitrogens with zero attached hydrogens (tertiary/aromatic N) is 6. The van der Waals surface area contributed by atoms with E-state index in [1.54, 1.807) is 0 Å². The molecule has 0 aromatic carbocycles. The lowest BCUT2D eigenvalue weighted by Crippen LogP contribution is -2.45. The van der Waals surface area contributed by atoms with Crippen molar-refractivity contribution in [3.8, 4) is 0 Å². The van der Waals surface area contributed by atoms with Crippen LogP contribution in [0.1, 0.15) is 31.7 Å². The standard InChI is InChI=1S/C20H22FN7O4S/c1-26-16-8-12(21)9-22-17(16)28(19(30)18(26)29)14-4-6-27(7-5-14)20-23-10-15(11-24-20)33(31,32)25-13-2-3-13/h8-11,13-14,25H,2-7H2,1H3. The van der Waals surface area contributed by atoms with Crippen LogP contribution in [0.3, 0.4) is 0 Å². The van der Waals surface area contributed by atoms with E-state index in [2.05, 4.69) is 19.7 Å². The highest BCUT2D eigenvalue weighted by molar-refractivity contribution is 7.89. The predicted octanol–water partition coefficient (Wildman–Crippen LogP) is 0.307. The van der Waals surface area contributed by atoms with Crippen molar-refractivity contribution in [3.63, 3.8) is 0 Å². The Bertz CT molecular complexity index is 1440. The molecule has 11 nitrogen and oxygen atoms in total. The van der Waals surface area contributed by atoms with Crippen LogP contribution in [-0.2, 0) is 17.1 Å². The van der Waals surface area contributed by atoms with E-state index in [4.69, 9.17) is 0 Å². The number of halogens is 1. The molecule has 3 aromatic rings. The molecule has 1 saturated heterocycles. The SMILES string of the molecule is Cn1c(=O)c(=O)n(C2CCN(c3ncc(S(=O)(=O)NC4CC4)cn3)CC2)c2ncc(F)cc21. The van der Waals surface area contributed by atoms with Gasteiger partial charge in [-0.25, -0.2) is 32.5 Å². The van der Waals surface area contributed by atoms with Gasteiger partial charge < -0.3 is 9.47 Å². The van der Waals surface area contributed by atoms with Gasteiger partial charge in [0.15, 0.2) is 5.65 Å². The van der Waals surface area contributed by atoms with Crippen LogP contribution in [0.5, 0.6) is 0 Å². The second kappa shape index (κ2) is 7.99. The molecular weight excluding hydrogens is 453 g/mol. The molecule has 1 N–H and O–H groups in total. The summed E-state index contributed by atoms with van der Waals surface area (Å²) in [5, 5.41) is 0. The van der Waals surface area contributed by atoms with Gasteiger partial charge in [0, 0.05) is 38.3 Å². The van der Waals surface area contributed by atoms with Crippen molar-refractivity contribution in [3.05, 3.63) is 51.2 Å². The molecule has 33 heavy (non-hydrogen) atoms. The van der Waals surface area contributed by atoms with Crippen molar-refractivity contribution in [1.29, 1.82) is 0 Å². The van der Waals surface area contributed by atoms with Gasteiger partial charge in [-0.15, -0.1) is 0 Å². The molecule has 5 rings (SSSR count). The third kappa shape index (κ3) is 4.02. The number of rotatable bonds is 5. The lowest BCUT2D eigenvalue weighted by molar-refractivity contribution is 0.389. The molecule has 4 heterocycles. The average molecular weight is 476 g/mol. The summed E-state index contributed by atoms with van der Waals surface area (Å²) in [4.78, 5) is 39.6. The quantitative estimate of drug-likeness (QED) is 0.522. The Morgan fingerprint density at radius 3 is 2.30 bits per heavy atom. The third-order valence-corrected chi connectivity index (χ3v) is 7.52. The fourth-order valence-electron chi connectivity index (χ4n) is 4.07. The summed E-state index contributed by atoms with van der Waals surface area (Å²) in [6.07, 6.45) is 6.29. The molecule has 174 valence electrons. The molecule has 13 heteroatoms. The van der Waals surface area contributed by atoms with E-state index >= 15 is 0 Å². The van der Waals surface area contributed by atoms with Gasteiger partial charge in [-0.1, -0.05) is 0 Å². The number of piperidine rings is 1. The van der Waals surface area contributed by atoms with Crippen LogP contribution in [0.25, 0.3) is 11.2 Å². The first-order valence-corrected chi connectivity index (χ1v) is 12.1. The highest BCUT2D eigenvalue weighted by atomic mass is 32.2. The maximum atomic E-state index is 13.7. The number of anilines is 1. The van der Waals surface area contributed by atoms with E-state index in [1.165, 1.54) is 30.1 Å². The summed E-state index contributed by atoms with van der Waals surface area (Å²) in [6.45, 7) is 0.975. The Labute approximate surface area is 188 Å². The number of sulfonamides is 1. The number of fused-ring (bicyclic) bond motifs is 1. The van der Waals surface area contributed by atoms with Crippen molar-refractivity contribution >= 4 is 27.1 Å². The van der Waals surface area contributed by atoms with Crippen molar-refractivity contribution in [2.45, 2.75) is 42.7 Å². The van der Waals surface area contributed by atoms with Gasteiger partial charge in [-0.2, -0.15) is 0 Å². The number of aryl methyl sites for hydroxylation is 1. The molecule has 0 spiro atoms. The molecule has 0 amide bonds. The summed E-state index contributed by atoms with van der Waals surface area (Å²) in [5.41, 5.74) is -0.924. The zero-order valence-electron chi connectivity index (χ0n) is 17.8. The maximum absolute atomic E-state index is 13.7. The molecule has 3 aromatic heterocycles. The van der Waals surface area contributed by atoms with Crippen LogP contribution < -0.4 is 20.7 Å². The number of aromatic nitrogens is 5. The minimum Gasteiger partial charge on any atom is -0.341 e. The molecule has 1 aliphatic heterocycles. The lowest BCUT2D eigenvalue weighted by atomic mass is 10.0. The zero-order valence-corrected chi connectivity index (χ0v) is 18.6. The number of nitrogens with one attached hydrogen (secondary N) is 1. The predicted molar refractivity (Wildman–Crippen MR) is 117 cm³/mol. The molecule has 2 fully saturated rings. The molecule has 1 saturated carbocycles. The van der Waals surface area contributed by atoms with Crippen LogP contribution in [-0.4, -0.2) is 51.6 Å². The van der Waals surface area contributed by atoms with Gasteiger partial charge >= 0.3 is 11.1 Å². The minimum absolute atomic E-state index is 0.00557. The summed E-state index contributed by atoms with van der Waals surface area (Å²) in [5.74, 6) is -0.201. The second-order valence-corrected chi connectivity index (χ2v) is 10.1.